The van der Waals surface area contributed by atoms with Crippen LogP contribution < -0.4 is 11.3 Å². The van der Waals surface area contributed by atoms with Gasteiger partial charge in [-0.2, -0.15) is 0 Å². The molecule has 1 aliphatic rings. The number of aliphatic hydroxyl groups is 3. The highest BCUT2D eigenvalue weighted by Crippen LogP contribution is 2.44. The fourth-order valence-corrected chi connectivity index (χ4v) is 3.15. The van der Waals surface area contributed by atoms with Crippen LogP contribution in [0.15, 0.2) is 21.5 Å². The van der Waals surface area contributed by atoms with E-state index in [1.54, 1.807) is 0 Å². The van der Waals surface area contributed by atoms with Crippen LogP contribution in [-0.4, -0.2) is 58.8 Å². The van der Waals surface area contributed by atoms with Gasteiger partial charge in [0.25, 0.3) is 0 Å². The molecule has 2 unspecified atom stereocenters. The van der Waals surface area contributed by atoms with Crippen molar-refractivity contribution in [3.63, 3.8) is 0 Å². The van der Waals surface area contributed by atoms with Crippen LogP contribution in [0.5, 0.6) is 0 Å². The van der Waals surface area contributed by atoms with Gasteiger partial charge in [-0.15, -0.1) is 0 Å². The van der Waals surface area contributed by atoms with E-state index in [2.05, 4.69) is 9.51 Å². The van der Waals surface area contributed by atoms with Crippen molar-refractivity contribution in [3.05, 3.63) is 22.7 Å². The Morgan fingerprint density at radius 1 is 1.50 bits per heavy atom. The predicted molar refractivity (Wildman–Crippen MR) is 82.4 cm³/mol. The van der Waals surface area contributed by atoms with E-state index in [4.69, 9.17) is 24.7 Å². The fraction of sp³-hybridized carbons (Fsp3) is 0.500. The van der Waals surface area contributed by atoms with E-state index in [0.29, 0.717) is 4.57 Å². The van der Waals surface area contributed by atoms with Gasteiger partial charge in [-0.25, -0.2) is 14.1 Å². The SMILES string of the molecule is C[C@]1(O)C(n2c(N)nc3ccoc3c2=O)O[C@H](C(O)OP(=O)(O)O)[C@H]1O. The van der Waals surface area contributed by atoms with Gasteiger partial charge in [0.1, 0.15) is 23.3 Å². The first-order valence-corrected chi connectivity index (χ1v) is 8.69. The minimum absolute atomic E-state index is 0.156. The standard InChI is InChI=1S/C12H16N3O10P/c1-12(19)7(16)6(9(18)25-26(20,21)22)24-10(12)15-8(17)5-4(2-3-23-5)14-11(15)13/h2-3,6-7,9-10,16,18-19H,1H3,(H2,13,14)(H2,20,21,22)/t6-,7+,9?,10?,12+/m0/s1. The Bertz CT molecular complexity index is 933. The predicted octanol–water partition coefficient (Wildman–Crippen LogP) is -1.99. The number of fused-ring (bicyclic) bond motifs is 1. The summed E-state index contributed by atoms with van der Waals surface area (Å²) in [7, 11) is -5.12. The first kappa shape index (κ1) is 18.9. The van der Waals surface area contributed by atoms with Crippen molar-refractivity contribution in [1.29, 1.82) is 0 Å². The number of anilines is 1. The van der Waals surface area contributed by atoms with Gasteiger partial charge < -0.3 is 40.0 Å². The maximum Gasteiger partial charge on any atom is 0.472 e. The highest BCUT2D eigenvalue weighted by molar-refractivity contribution is 7.46. The van der Waals surface area contributed by atoms with Crippen molar-refractivity contribution >= 4 is 24.9 Å². The molecule has 14 heteroatoms. The van der Waals surface area contributed by atoms with Gasteiger partial charge in [0.2, 0.25) is 11.5 Å². The second-order valence-corrected chi connectivity index (χ2v) is 7.08. The lowest BCUT2D eigenvalue weighted by molar-refractivity contribution is -0.161. The summed E-state index contributed by atoms with van der Waals surface area (Å²) in [6, 6.07) is 1.39. The van der Waals surface area contributed by atoms with E-state index in [1.807, 2.05) is 0 Å². The highest BCUT2D eigenvalue weighted by Gasteiger charge is 2.57. The number of hydrogen-bond donors (Lipinski definition) is 6. The second kappa shape index (κ2) is 6.11. The summed E-state index contributed by atoms with van der Waals surface area (Å²) in [6.07, 6.45) is -6.47. The molecule has 1 fully saturated rings. The zero-order chi connectivity index (χ0) is 19.4. The molecule has 3 heterocycles. The van der Waals surface area contributed by atoms with Crippen LogP contribution in [0.2, 0.25) is 0 Å². The Labute approximate surface area is 144 Å². The Morgan fingerprint density at radius 2 is 2.15 bits per heavy atom. The minimum atomic E-state index is -5.12. The zero-order valence-corrected chi connectivity index (χ0v) is 14.1. The third kappa shape index (κ3) is 3.04. The normalized spacial score (nSPS) is 30.8. The molecule has 7 N–H and O–H groups in total. The average molecular weight is 393 g/mol. The monoisotopic (exact) mass is 393 g/mol. The maximum absolute atomic E-state index is 12.6. The molecular formula is C12H16N3O10P. The fourth-order valence-electron chi connectivity index (χ4n) is 2.75. The largest absolute Gasteiger partial charge is 0.472 e. The number of nitrogen functional groups attached to an aromatic ring is 1. The number of nitrogens with zero attached hydrogens (tertiary/aromatic N) is 2. The van der Waals surface area contributed by atoms with Crippen LogP contribution >= 0.6 is 7.82 Å². The summed E-state index contributed by atoms with van der Waals surface area (Å²) in [5.74, 6) is -0.382. The quantitative estimate of drug-likeness (QED) is 0.246. The molecule has 0 radical (unpaired) electrons. The van der Waals surface area contributed by atoms with Crippen molar-refractivity contribution in [3.8, 4) is 0 Å². The second-order valence-electron chi connectivity index (χ2n) is 5.89. The van der Waals surface area contributed by atoms with Crippen molar-refractivity contribution < 1.29 is 43.3 Å². The molecule has 3 rings (SSSR count). The molecule has 2 aromatic rings. The van der Waals surface area contributed by atoms with Crippen LogP contribution in [0.3, 0.4) is 0 Å². The number of phosphoric ester groups is 1. The van der Waals surface area contributed by atoms with Gasteiger partial charge in [-0.1, -0.05) is 0 Å². The average Bonchev–Trinajstić information content (AvgIpc) is 3.03. The topological polar surface area (TPSA) is 211 Å². The molecule has 0 bridgehead atoms. The van der Waals surface area contributed by atoms with Crippen LogP contribution in [0.25, 0.3) is 11.1 Å². The first-order valence-electron chi connectivity index (χ1n) is 7.16. The Hall–Kier alpha value is -1.83. The molecule has 0 saturated carbocycles. The van der Waals surface area contributed by atoms with Crippen molar-refractivity contribution in [1.82, 2.24) is 9.55 Å². The summed E-state index contributed by atoms with van der Waals surface area (Å²) in [5, 5.41) is 30.5. The van der Waals surface area contributed by atoms with Gasteiger partial charge >= 0.3 is 13.4 Å². The molecule has 1 aliphatic heterocycles. The van der Waals surface area contributed by atoms with E-state index in [0.717, 1.165) is 6.92 Å². The Morgan fingerprint density at radius 3 is 2.77 bits per heavy atom. The van der Waals surface area contributed by atoms with Gasteiger partial charge in [-0.05, 0) is 6.92 Å². The molecule has 13 nitrogen and oxygen atoms in total. The number of aromatic nitrogens is 2. The number of rotatable bonds is 4. The molecule has 5 atom stereocenters. The summed E-state index contributed by atoms with van der Waals surface area (Å²) in [4.78, 5) is 34.0. The van der Waals surface area contributed by atoms with Gasteiger partial charge in [0.05, 0.1) is 6.26 Å². The third-order valence-corrected chi connectivity index (χ3v) is 4.49. The molecule has 1 saturated heterocycles. The minimum Gasteiger partial charge on any atom is -0.457 e. The number of hydrogen-bond acceptors (Lipinski definition) is 10. The molecule has 144 valence electrons. The van der Waals surface area contributed by atoms with E-state index >= 15 is 0 Å². The molecular weight excluding hydrogens is 377 g/mol. The van der Waals surface area contributed by atoms with E-state index in [9.17, 15) is 24.7 Å². The molecule has 2 aromatic heterocycles. The molecule has 0 amide bonds. The molecule has 0 spiro atoms. The lowest BCUT2D eigenvalue weighted by Crippen LogP contribution is -2.48. The summed E-state index contributed by atoms with van der Waals surface area (Å²) < 4.78 is 25.9. The summed E-state index contributed by atoms with van der Waals surface area (Å²) >= 11 is 0. The smallest absolute Gasteiger partial charge is 0.457 e. The van der Waals surface area contributed by atoms with Crippen molar-refractivity contribution in [2.45, 2.75) is 37.3 Å². The van der Waals surface area contributed by atoms with Crippen LogP contribution in [0.4, 0.5) is 5.95 Å². The van der Waals surface area contributed by atoms with E-state index in [-0.39, 0.29) is 17.0 Å². The number of nitrogens with two attached hydrogens (primary N) is 1. The summed E-state index contributed by atoms with van der Waals surface area (Å²) in [5.41, 5.74) is 2.66. The number of aliphatic hydroxyl groups excluding tert-OH is 2. The van der Waals surface area contributed by atoms with Gasteiger partial charge in [0, 0.05) is 6.07 Å². The number of phosphoric acid groups is 1. The van der Waals surface area contributed by atoms with E-state index in [1.165, 1.54) is 12.3 Å². The van der Waals surface area contributed by atoms with Gasteiger partial charge in [-0.3, -0.25) is 9.32 Å². The lowest BCUT2D eigenvalue weighted by Gasteiger charge is -2.28. The number of ether oxygens (including phenoxy) is 1. The van der Waals surface area contributed by atoms with Crippen LogP contribution in [0.1, 0.15) is 13.2 Å². The number of furan rings is 1. The molecule has 0 aliphatic carbocycles. The zero-order valence-electron chi connectivity index (χ0n) is 13.2. The summed E-state index contributed by atoms with van der Waals surface area (Å²) in [6.45, 7) is 1.07. The van der Waals surface area contributed by atoms with Crippen LogP contribution in [0, 0.1) is 0 Å². The van der Waals surface area contributed by atoms with Crippen molar-refractivity contribution in [2.75, 3.05) is 5.73 Å². The molecule has 0 aromatic carbocycles. The van der Waals surface area contributed by atoms with Crippen LogP contribution in [-0.2, 0) is 13.8 Å². The Balaban J connectivity index is 2.03. The maximum atomic E-state index is 12.6. The Kier molecular flexibility index (Phi) is 4.45. The molecule has 26 heavy (non-hydrogen) atoms. The lowest BCUT2D eigenvalue weighted by atomic mass is 9.96. The first-order chi connectivity index (χ1) is 11.9. The van der Waals surface area contributed by atoms with Crippen molar-refractivity contribution in [2.24, 2.45) is 0 Å². The third-order valence-electron chi connectivity index (χ3n) is 4.00. The highest BCUT2D eigenvalue weighted by atomic mass is 31.2. The van der Waals surface area contributed by atoms with E-state index < -0.39 is 43.7 Å². The van der Waals surface area contributed by atoms with Gasteiger partial charge in [0.15, 0.2) is 12.5 Å².